The van der Waals surface area contributed by atoms with Crippen molar-refractivity contribution in [3.05, 3.63) is 53.9 Å². The predicted octanol–water partition coefficient (Wildman–Crippen LogP) is 2.84. The third-order valence-corrected chi connectivity index (χ3v) is 3.36. The van der Waals surface area contributed by atoms with Crippen LogP contribution < -0.4 is 15.0 Å². The average molecular weight is 285 g/mol. The first kappa shape index (κ1) is 15.3. The fraction of sp³-hybridized carbons (Fsp3) is 0.353. The molecule has 21 heavy (non-hydrogen) atoms. The van der Waals surface area contributed by atoms with Crippen LogP contribution in [0.2, 0.25) is 0 Å². The Labute approximate surface area is 126 Å². The molecule has 0 unspecified atom stereocenters. The first-order valence-corrected chi connectivity index (χ1v) is 7.23. The van der Waals surface area contributed by atoms with E-state index in [0.717, 1.165) is 36.8 Å². The first-order valence-electron chi connectivity index (χ1n) is 7.23. The van der Waals surface area contributed by atoms with Crippen molar-refractivity contribution in [2.75, 3.05) is 25.6 Å². The van der Waals surface area contributed by atoms with Crippen molar-refractivity contribution in [1.82, 2.24) is 10.3 Å². The molecule has 0 aliphatic carbocycles. The van der Waals surface area contributed by atoms with Crippen LogP contribution in [0.5, 0.6) is 5.75 Å². The van der Waals surface area contributed by atoms with Crippen molar-refractivity contribution in [1.29, 1.82) is 0 Å². The third kappa shape index (κ3) is 4.20. The van der Waals surface area contributed by atoms with Crippen LogP contribution in [0.1, 0.15) is 18.2 Å². The summed E-state index contributed by atoms with van der Waals surface area (Å²) in [6.07, 6.45) is 1.94. The number of rotatable bonds is 7. The van der Waals surface area contributed by atoms with Gasteiger partial charge in [0.15, 0.2) is 0 Å². The molecule has 0 radical (unpaired) electrons. The Hall–Kier alpha value is -2.07. The van der Waals surface area contributed by atoms with Gasteiger partial charge in [0.2, 0.25) is 0 Å². The summed E-state index contributed by atoms with van der Waals surface area (Å²) in [7, 11) is 3.74. The Morgan fingerprint density at radius 2 is 2.00 bits per heavy atom. The van der Waals surface area contributed by atoms with Crippen molar-refractivity contribution in [3.8, 4) is 5.75 Å². The van der Waals surface area contributed by atoms with Gasteiger partial charge in [0.05, 0.1) is 25.0 Å². The van der Waals surface area contributed by atoms with Crippen LogP contribution in [-0.4, -0.2) is 25.7 Å². The van der Waals surface area contributed by atoms with Crippen molar-refractivity contribution in [3.63, 3.8) is 0 Å². The highest BCUT2D eigenvalue weighted by atomic mass is 16.5. The van der Waals surface area contributed by atoms with Gasteiger partial charge in [0.1, 0.15) is 5.75 Å². The van der Waals surface area contributed by atoms with Gasteiger partial charge >= 0.3 is 0 Å². The van der Waals surface area contributed by atoms with Crippen LogP contribution in [0.25, 0.3) is 0 Å². The summed E-state index contributed by atoms with van der Waals surface area (Å²) < 4.78 is 5.40. The quantitative estimate of drug-likeness (QED) is 0.849. The second-order valence-electron chi connectivity index (χ2n) is 4.97. The number of nitrogens with one attached hydrogen (secondary N) is 1. The summed E-state index contributed by atoms with van der Waals surface area (Å²) in [5.74, 6) is 0.878. The molecule has 4 heteroatoms. The van der Waals surface area contributed by atoms with Crippen molar-refractivity contribution < 1.29 is 4.74 Å². The average Bonchev–Trinajstić information content (AvgIpc) is 2.54. The van der Waals surface area contributed by atoms with E-state index in [4.69, 9.17) is 4.74 Å². The maximum atomic E-state index is 5.40. The van der Waals surface area contributed by atoms with E-state index >= 15 is 0 Å². The van der Waals surface area contributed by atoms with E-state index in [1.54, 1.807) is 7.11 Å². The molecular weight excluding hydrogens is 262 g/mol. The number of para-hydroxylation sites is 2. The fourth-order valence-electron chi connectivity index (χ4n) is 2.20. The fourth-order valence-corrected chi connectivity index (χ4v) is 2.20. The number of ether oxygens (including phenoxy) is 1. The largest absolute Gasteiger partial charge is 0.495 e. The topological polar surface area (TPSA) is 37.4 Å². The number of pyridine rings is 1. The lowest BCUT2D eigenvalue weighted by atomic mass is 10.2. The molecule has 0 saturated heterocycles. The molecule has 0 amide bonds. The standard InChI is InChI=1S/C17H23N3O/c1-4-18-11-14-9-10-15(19-12-14)13-20(2)16-7-5-6-8-17(16)21-3/h5-10,12,18H,4,11,13H2,1-3H3. The lowest BCUT2D eigenvalue weighted by molar-refractivity contribution is 0.414. The summed E-state index contributed by atoms with van der Waals surface area (Å²) in [6.45, 7) is 4.69. The minimum atomic E-state index is 0.752. The number of aromatic nitrogens is 1. The Kier molecular flexibility index (Phi) is 5.58. The highest BCUT2D eigenvalue weighted by Gasteiger charge is 2.08. The monoisotopic (exact) mass is 285 g/mol. The van der Waals surface area contributed by atoms with Crippen LogP contribution in [0, 0.1) is 0 Å². The van der Waals surface area contributed by atoms with Crippen LogP contribution in [-0.2, 0) is 13.1 Å². The summed E-state index contributed by atoms with van der Waals surface area (Å²) in [5.41, 5.74) is 3.32. The molecule has 0 aliphatic rings. The first-order chi connectivity index (χ1) is 10.2. The maximum absolute atomic E-state index is 5.40. The normalized spacial score (nSPS) is 10.4. The van der Waals surface area contributed by atoms with E-state index in [9.17, 15) is 0 Å². The van der Waals surface area contributed by atoms with Gasteiger partial charge in [-0.15, -0.1) is 0 Å². The Bertz CT molecular complexity index is 554. The minimum absolute atomic E-state index is 0.752. The summed E-state index contributed by atoms with van der Waals surface area (Å²) in [5, 5.41) is 3.30. The molecule has 0 saturated carbocycles. The maximum Gasteiger partial charge on any atom is 0.142 e. The smallest absolute Gasteiger partial charge is 0.142 e. The van der Waals surface area contributed by atoms with Crippen molar-refractivity contribution >= 4 is 5.69 Å². The number of hydrogen-bond donors (Lipinski definition) is 1. The van der Waals surface area contributed by atoms with Gasteiger partial charge in [-0.05, 0) is 30.3 Å². The van der Waals surface area contributed by atoms with Gasteiger partial charge in [0, 0.05) is 19.8 Å². The van der Waals surface area contributed by atoms with E-state index in [1.165, 1.54) is 5.56 Å². The van der Waals surface area contributed by atoms with Gasteiger partial charge < -0.3 is 15.0 Å². The number of benzene rings is 1. The lowest BCUT2D eigenvalue weighted by Gasteiger charge is -2.21. The van der Waals surface area contributed by atoms with Gasteiger partial charge in [-0.1, -0.05) is 25.1 Å². The molecule has 0 fully saturated rings. The van der Waals surface area contributed by atoms with E-state index < -0.39 is 0 Å². The molecule has 1 aromatic heterocycles. The number of methoxy groups -OCH3 is 1. The Balaban J connectivity index is 2.03. The Morgan fingerprint density at radius 3 is 2.67 bits per heavy atom. The molecule has 1 heterocycles. The van der Waals surface area contributed by atoms with Crippen molar-refractivity contribution in [2.45, 2.75) is 20.0 Å². The van der Waals surface area contributed by atoms with E-state index in [1.807, 2.05) is 31.4 Å². The molecule has 0 spiro atoms. The van der Waals surface area contributed by atoms with Gasteiger partial charge in [-0.25, -0.2) is 0 Å². The zero-order chi connectivity index (χ0) is 15.1. The summed E-state index contributed by atoms with van der Waals surface area (Å²) in [6, 6.07) is 12.2. The molecule has 0 bridgehead atoms. The molecule has 0 atom stereocenters. The van der Waals surface area contributed by atoms with Crippen LogP contribution in [0.3, 0.4) is 0 Å². The Morgan fingerprint density at radius 1 is 1.19 bits per heavy atom. The summed E-state index contributed by atoms with van der Waals surface area (Å²) >= 11 is 0. The zero-order valence-electron chi connectivity index (χ0n) is 13.0. The number of anilines is 1. The lowest BCUT2D eigenvalue weighted by Crippen LogP contribution is -2.18. The van der Waals surface area contributed by atoms with E-state index in [0.29, 0.717) is 0 Å². The van der Waals surface area contributed by atoms with E-state index in [-0.39, 0.29) is 0 Å². The highest BCUT2D eigenvalue weighted by Crippen LogP contribution is 2.27. The SMILES string of the molecule is CCNCc1ccc(CN(C)c2ccccc2OC)nc1. The molecule has 4 nitrogen and oxygen atoms in total. The molecule has 112 valence electrons. The molecule has 2 aromatic rings. The second kappa shape index (κ2) is 7.64. The summed E-state index contributed by atoms with van der Waals surface area (Å²) in [4.78, 5) is 6.67. The predicted molar refractivity (Wildman–Crippen MR) is 86.7 cm³/mol. The second-order valence-corrected chi connectivity index (χ2v) is 4.97. The third-order valence-electron chi connectivity index (χ3n) is 3.36. The van der Waals surface area contributed by atoms with Crippen LogP contribution in [0.4, 0.5) is 5.69 Å². The van der Waals surface area contributed by atoms with Gasteiger partial charge in [0.25, 0.3) is 0 Å². The molecule has 1 N–H and O–H groups in total. The molecule has 0 aliphatic heterocycles. The van der Waals surface area contributed by atoms with Crippen LogP contribution in [0.15, 0.2) is 42.6 Å². The minimum Gasteiger partial charge on any atom is -0.495 e. The van der Waals surface area contributed by atoms with Gasteiger partial charge in [-0.2, -0.15) is 0 Å². The molecule has 1 aromatic carbocycles. The highest BCUT2D eigenvalue weighted by molar-refractivity contribution is 5.57. The van der Waals surface area contributed by atoms with Gasteiger partial charge in [-0.3, -0.25) is 4.98 Å². The van der Waals surface area contributed by atoms with Crippen molar-refractivity contribution in [2.24, 2.45) is 0 Å². The van der Waals surface area contributed by atoms with Crippen LogP contribution >= 0.6 is 0 Å². The zero-order valence-corrected chi connectivity index (χ0v) is 13.0. The number of hydrogen-bond acceptors (Lipinski definition) is 4. The number of nitrogens with zero attached hydrogens (tertiary/aromatic N) is 2. The molecular formula is C17H23N3O. The van der Waals surface area contributed by atoms with E-state index in [2.05, 4.69) is 40.3 Å². The molecule has 2 rings (SSSR count).